The molecule has 0 saturated carbocycles. The van der Waals surface area contributed by atoms with Crippen molar-refractivity contribution in [2.75, 3.05) is 0 Å². The van der Waals surface area contributed by atoms with Crippen molar-refractivity contribution in [1.29, 1.82) is 5.26 Å². The maximum atomic E-state index is 8.74. The maximum Gasteiger partial charge on any atom is 0.137 e. The Morgan fingerprint density at radius 2 is 2.31 bits per heavy atom. The Morgan fingerprint density at radius 3 is 2.94 bits per heavy atom. The second kappa shape index (κ2) is 4.50. The molecular weight excluding hydrogens is 220 g/mol. The molecule has 0 amide bonds. The first-order valence-corrected chi connectivity index (χ1v) is 5.96. The quantitative estimate of drug-likeness (QED) is 0.814. The molecule has 0 aliphatic heterocycles. The van der Waals surface area contributed by atoms with Crippen molar-refractivity contribution in [2.45, 2.75) is 20.3 Å². The fourth-order valence-electron chi connectivity index (χ4n) is 1.46. The molecule has 0 aliphatic carbocycles. The van der Waals surface area contributed by atoms with Crippen LogP contribution in [-0.2, 0) is 6.42 Å². The van der Waals surface area contributed by atoms with Crippen molar-refractivity contribution >= 4 is 11.3 Å². The standard InChI is InChI=1S/C12H12N2OS/c1-8(2)5-9-6-11(14-15-9)12-4-3-10(7-13)16-12/h3-4,6,8H,5H2,1-2H3. The predicted octanol–water partition coefficient (Wildman–Crippen LogP) is 3.47. The van der Waals surface area contributed by atoms with Crippen molar-refractivity contribution in [3.63, 3.8) is 0 Å². The lowest BCUT2D eigenvalue weighted by atomic mass is 10.1. The molecule has 3 nitrogen and oxygen atoms in total. The zero-order valence-corrected chi connectivity index (χ0v) is 10.0. The second-order valence-corrected chi connectivity index (χ2v) is 5.14. The topological polar surface area (TPSA) is 49.8 Å². The third-order valence-corrected chi connectivity index (χ3v) is 3.15. The Hall–Kier alpha value is -1.60. The molecule has 4 heteroatoms. The predicted molar refractivity (Wildman–Crippen MR) is 63.1 cm³/mol. The van der Waals surface area contributed by atoms with E-state index in [4.69, 9.17) is 9.78 Å². The van der Waals surface area contributed by atoms with E-state index in [0.717, 1.165) is 22.8 Å². The molecule has 2 aromatic rings. The van der Waals surface area contributed by atoms with Crippen LogP contribution in [0.3, 0.4) is 0 Å². The van der Waals surface area contributed by atoms with Gasteiger partial charge < -0.3 is 4.52 Å². The molecule has 0 aromatic carbocycles. The van der Waals surface area contributed by atoms with Gasteiger partial charge in [-0.3, -0.25) is 0 Å². The molecule has 0 fully saturated rings. The molecule has 0 unspecified atom stereocenters. The van der Waals surface area contributed by atoms with Gasteiger partial charge in [-0.1, -0.05) is 19.0 Å². The minimum absolute atomic E-state index is 0.554. The minimum Gasteiger partial charge on any atom is -0.361 e. The Labute approximate surface area is 98.3 Å². The highest BCUT2D eigenvalue weighted by Gasteiger charge is 2.10. The van der Waals surface area contributed by atoms with Crippen LogP contribution in [0.25, 0.3) is 10.6 Å². The van der Waals surface area contributed by atoms with Crippen molar-refractivity contribution in [3.05, 3.63) is 28.8 Å². The summed E-state index contributed by atoms with van der Waals surface area (Å²) in [5.41, 5.74) is 0.821. The summed E-state index contributed by atoms with van der Waals surface area (Å²) in [6.07, 6.45) is 0.892. The number of rotatable bonds is 3. The lowest BCUT2D eigenvalue weighted by Gasteiger charge is -1.96. The van der Waals surface area contributed by atoms with Gasteiger partial charge in [0.05, 0.1) is 4.88 Å². The summed E-state index contributed by atoms with van der Waals surface area (Å²) in [5, 5.41) is 12.8. The first-order valence-electron chi connectivity index (χ1n) is 5.15. The third kappa shape index (κ3) is 2.31. The van der Waals surface area contributed by atoms with Gasteiger partial charge in [-0.2, -0.15) is 5.26 Å². The van der Waals surface area contributed by atoms with Crippen LogP contribution in [0.2, 0.25) is 0 Å². The summed E-state index contributed by atoms with van der Waals surface area (Å²) in [5.74, 6) is 1.45. The summed E-state index contributed by atoms with van der Waals surface area (Å²) in [6, 6.07) is 7.77. The SMILES string of the molecule is CC(C)Cc1cc(-c2ccc(C#N)s2)no1. The van der Waals surface area contributed by atoms with Gasteiger partial charge in [0, 0.05) is 12.5 Å². The van der Waals surface area contributed by atoms with Crippen LogP contribution in [0.5, 0.6) is 0 Å². The number of hydrogen-bond acceptors (Lipinski definition) is 4. The minimum atomic E-state index is 0.554. The zero-order chi connectivity index (χ0) is 11.5. The Bertz CT molecular complexity index is 519. The van der Waals surface area contributed by atoms with E-state index >= 15 is 0 Å². The van der Waals surface area contributed by atoms with Crippen molar-refractivity contribution in [3.8, 4) is 16.6 Å². The lowest BCUT2D eigenvalue weighted by molar-refractivity contribution is 0.370. The van der Waals surface area contributed by atoms with E-state index < -0.39 is 0 Å². The van der Waals surface area contributed by atoms with E-state index in [1.165, 1.54) is 11.3 Å². The third-order valence-electron chi connectivity index (χ3n) is 2.14. The van der Waals surface area contributed by atoms with Crippen molar-refractivity contribution < 1.29 is 4.52 Å². The fourth-order valence-corrected chi connectivity index (χ4v) is 2.22. The van der Waals surface area contributed by atoms with E-state index in [9.17, 15) is 0 Å². The van der Waals surface area contributed by atoms with Gasteiger partial charge in [0.15, 0.2) is 0 Å². The smallest absolute Gasteiger partial charge is 0.137 e. The van der Waals surface area contributed by atoms with Crippen LogP contribution >= 0.6 is 11.3 Å². The van der Waals surface area contributed by atoms with Gasteiger partial charge >= 0.3 is 0 Å². The van der Waals surface area contributed by atoms with Gasteiger partial charge in [0.2, 0.25) is 0 Å². The van der Waals surface area contributed by atoms with E-state index in [0.29, 0.717) is 10.8 Å². The number of hydrogen-bond donors (Lipinski definition) is 0. The summed E-state index contributed by atoms with van der Waals surface area (Å²) in [7, 11) is 0. The summed E-state index contributed by atoms with van der Waals surface area (Å²) < 4.78 is 5.25. The van der Waals surface area contributed by atoms with Crippen LogP contribution in [0.1, 0.15) is 24.5 Å². The summed E-state index contributed by atoms with van der Waals surface area (Å²) >= 11 is 1.43. The largest absolute Gasteiger partial charge is 0.361 e. The highest BCUT2D eigenvalue weighted by molar-refractivity contribution is 7.15. The van der Waals surface area contributed by atoms with Crippen molar-refractivity contribution in [2.24, 2.45) is 5.92 Å². The normalized spacial score (nSPS) is 10.6. The van der Waals surface area contributed by atoms with Crippen LogP contribution in [0.15, 0.2) is 22.7 Å². The molecule has 0 radical (unpaired) electrons. The van der Waals surface area contributed by atoms with E-state index in [1.54, 1.807) is 6.07 Å². The molecule has 82 valence electrons. The monoisotopic (exact) mass is 232 g/mol. The Morgan fingerprint density at radius 1 is 1.50 bits per heavy atom. The van der Waals surface area contributed by atoms with Gasteiger partial charge in [-0.15, -0.1) is 11.3 Å². The molecule has 0 bridgehead atoms. The molecule has 2 aromatic heterocycles. The van der Waals surface area contributed by atoms with Crippen molar-refractivity contribution in [1.82, 2.24) is 5.16 Å². The molecule has 0 spiro atoms. The van der Waals surface area contributed by atoms with E-state index in [1.807, 2.05) is 12.1 Å². The fraction of sp³-hybridized carbons (Fsp3) is 0.333. The summed E-state index contributed by atoms with van der Waals surface area (Å²) in [6.45, 7) is 4.28. The average molecular weight is 232 g/mol. The zero-order valence-electron chi connectivity index (χ0n) is 9.23. The lowest BCUT2D eigenvalue weighted by Crippen LogP contribution is -1.90. The van der Waals surface area contributed by atoms with Crippen LogP contribution in [0, 0.1) is 17.2 Å². The molecule has 0 aliphatic rings. The molecule has 0 atom stereocenters. The van der Waals surface area contributed by atoms with E-state index in [2.05, 4.69) is 25.1 Å². The number of nitriles is 1. The van der Waals surface area contributed by atoms with Gasteiger partial charge in [-0.05, 0) is 18.1 Å². The molecule has 0 saturated heterocycles. The molecule has 2 heterocycles. The summed E-state index contributed by atoms with van der Waals surface area (Å²) in [4.78, 5) is 1.68. The van der Waals surface area contributed by atoms with Gasteiger partial charge in [0.25, 0.3) is 0 Å². The van der Waals surface area contributed by atoms with Crippen LogP contribution in [-0.4, -0.2) is 5.16 Å². The highest BCUT2D eigenvalue weighted by Crippen LogP contribution is 2.27. The Balaban J connectivity index is 2.21. The van der Waals surface area contributed by atoms with E-state index in [-0.39, 0.29) is 0 Å². The van der Waals surface area contributed by atoms with Gasteiger partial charge in [-0.25, -0.2) is 0 Å². The second-order valence-electron chi connectivity index (χ2n) is 4.05. The maximum absolute atomic E-state index is 8.74. The van der Waals surface area contributed by atoms with Crippen LogP contribution < -0.4 is 0 Å². The first-order chi connectivity index (χ1) is 7.69. The number of thiophene rings is 1. The van der Waals surface area contributed by atoms with Crippen LogP contribution in [0.4, 0.5) is 0 Å². The molecule has 0 N–H and O–H groups in total. The first kappa shape index (κ1) is 10.9. The number of nitrogens with zero attached hydrogens (tertiary/aromatic N) is 2. The molecule has 2 rings (SSSR count). The Kier molecular flexibility index (Phi) is 3.07. The molecular formula is C12H12N2OS. The van der Waals surface area contributed by atoms with Gasteiger partial charge in [0.1, 0.15) is 22.4 Å². The average Bonchev–Trinajstić information content (AvgIpc) is 2.83. The highest BCUT2D eigenvalue weighted by atomic mass is 32.1. The number of aromatic nitrogens is 1. The molecule has 16 heavy (non-hydrogen) atoms.